The molecule has 0 unspecified atom stereocenters. The summed E-state index contributed by atoms with van der Waals surface area (Å²) in [5.41, 5.74) is 3.00. The Balaban J connectivity index is 1.67. The third-order valence-corrected chi connectivity index (χ3v) is 4.78. The Hall–Kier alpha value is -1.66. The summed E-state index contributed by atoms with van der Waals surface area (Å²) in [7, 11) is 4.04. The highest BCUT2D eigenvalue weighted by molar-refractivity contribution is 5.78. The Labute approximate surface area is 144 Å². The van der Waals surface area contributed by atoms with Crippen LogP contribution < -0.4 is 4.90 Å². The SMILES string of the molecule is Cc1cc(N(C)C)cc([C@H]2CN(C(=O)CN3CCCC3)CCO2)n1. The second-order valence-electron chi connectivity index (χ2n) is 6.97. The number of anilines is 1. The number of hydrogen-bond acceptors (Lipinski definition) is 5. The van der Waals surface area contributed by atoms with Gasteiger partial charge in [0.1, 0.15) is 6.10 Å². The molecule has 0 bridgehead atoms. The zero-order chi connectivity index (χ0) is 17.1. The number of hydrogen-bond donors (Lipinski definition) is 0. The van der Waals surface area contributed by atoms with Gasteiger partial charge < -0.3 is 14.5 Å². The van der Waals surface area contributed by atoms with E-state index in [0.29, 0.717) is 26.2 Å². The Kier molecular flexibility index (Phi) is 5.36. The smallest absolute Gasteiger partial charge is 0.236 e. The van der Waals surface area contributed by atoms with Crippen LogP contribution in [0.15, 0.2) is 12.1 Å². The number of likely N-dealkylation sites (tertiary alicyclic amines) is 1. The number of nitrogens with zero attached hydrogens (tertiary/aromatic N) is 4. The van der Waals surface area contributed by atoms with Crippen molar-refractivity contribution in [3.05, 3.63) is 23.5 Å². The minimum absolute atomic E-state index is 0.139. The molecule has 0 saturated carbocycles. The van der Waals surface area contributed by atoms with Crippen LogP contribution in [-0.4, -0.2) is 74.1 Å². The van der Waals surface area contributed by atoms with Gasteiger partial charge in [-0.15, -0.1) is 0 Å². The van der Waals surface area contributed by atoms with Crippen LogP contribution in [0.5, 0.6) is 0 Å². The van der Waals surface area contributed by atoms with Gasteiger partial charge in [-0.2, -0.15) is 0 Å². The maximum Gasteiger partial charge on any atom is 0.236 e. The monoisotopic (exact) mass is 332 g/mol. The lowest BCUT2D eigenvalue weighted by Crippen LogP contribution is -2.46. The third kappa shape index (κ3) is 4.05. The van der Waals surface area contributed by atoms with E-state index in [1.807, 2.05) is 25.9 Å². The van der Waals surface area contributed by atoms with Crippen LogP contribution in [0.2, 0.25) is 0 Å². The Bertz CT molecular complexity index is 584. The molecule has 2 saturated heterocycles. The van der Waals surface area contributed by atoms with Crippen LogP contribution in [0, 0.1) is 6.92 Å². The summed E-state index contributed by atoms with van der Waals surface area (Å²) in [6, 6.07) is 4.12. The molecule has 2 aliphatic rings. The van der Waals surface area contributed by atoms with Gasteiger partial charge in [0.05, 0.1) is 25.4 Å². The van der Waals surface area contributed by atoms with Crippen molar-refractivity contribution in [2.24, 2.45) is 0 Å². The predicted octanol–water partition coefficient (Wildman–Crippen LogP) is 1.45. The zero-order valence-corrected chi connectivity index (χ0v) is 15.0. The highest BCUT2D eigenvalue weighted by atomic mass is 16.5. The molecule has 24 heavy (non-hydrogen) atoms. The fraction of sp³-hybridized carbons (Fsp3) is 0.667. The van der Waals surface area contributed by atoms with Crippen molar-refractivity contribution in [3.8, 4) is 0 Å². The number of ether oxygens (including phenoxy) is 1. The predicted molar refractivity (Wildman–Crippen MR) is 94.2 cm³/mol. The van der Waals surface area contributed by atoms with Gasteiger partial charge >= 0.3 is 0 Å². The molecule has 1 amide bonds. The number of aryl methyl sites for hydroxylation is 1. The lowest BCUT2D eigenvalue weighted by atomic mass is 10.1. The van der Waals surface area contributed by atoms with Crippen LogP contribution in [-0.2, 0) is 9.53 Å². The van der Waals surface area contributed by atoms with E-state index >= 15 is 0 Å². The molecule has 2 fully saturated rings. The lowest BCUT2D eigenvalue weighted by molar-refractivity contribution is -0.140. The normalized spacial score (nSPS) is 22.0. The Morgan fingerprint density at radius 2 is 2.04 bits per heavy atom. The molecule has 0 N–H and O–H groups in total. The van der Waals surface area contributed by atoms with Crippen molar-refractivity contribution in [1.29, 1.82) is 0 Å². The number of carbonyl (C=O) groups is 1. The molecule has 1 aromatic rings. The Morgan fingerprint density at radius 1 is 1.29 bits per heavy atom. The summed E-state index contributed by atoms with van der Waals surface area (Å²) in [6.07, 6.45) is 2.28. The van der Waals surface area contributed by atoms with E-state index in [1.165, 1.54) is 12.8 Å². The van der Waals surface area contributed by atoms with Crippen LogP contribution in [0.1, 0.15) is 30.3 Å². The van der Waals surface area contributed by atoms with Crippen molar-refractivity contribution in [3.63, 3.8) is 0 Å². The van der Waals surface area contributed by atoms with Crippen molar-refractivity contribution >= 4 is 11.6 Å². The van der Waals surface area contributed by atoms with Gasteiger partial charge in [0.25, 0.3) is 0 Å². The van der Waals surface area contributed by atoms with Crippen molar-refractivity contribution < 1.29 is 9.53 Å². The van der Waals surface area contributed by atoms with Gasteiger partial charge in [-0.1, -0.05) is 0 Å². The molecule has 132 valence electrons. The maximum absolute atomic E-state index is 12.6. The first-order chi connectivity index (χ1) is 11.5. The third-order valence-electron chi connectivity index (χ3n) is 4.78. The van der Waals surface area contributed by atoms with E-state index in [4.69, 9.17) is 4.74 Å². The first kappa shape index (κ1) is 17.2. The number of pyridine rings is 1. The first-order valence-electron chi connectivity index (χ1n) is 8.80. The highest BCUT2D eigenvalue weighted by Gasteiger charge is 2.28. The summed E-state index contributed by atoms with van der Waals surface area (Å²) >= 11 is 0. The minimum atomic E-state index is -0.139. The van der Waals surface area contributed by atoms with Gasteiger partial charge in [-0.25, -0.2) is 0 Å². The number of morpholine rings is 1. The van der Waals surface area contributed by atoms with E-state index in [-0.39, 0.29) is 12.0 Å². The zero-order valence-electron chi connectivity index (χ0n) is 15.0. The van der Waals surface area contributed by atoms with E-state index in [9.17, 15) is 4.79 Å². The van der Waals surface area contributed by atoms with Gasteiger partial charge in [0.2, 0.25) is 5.91 Å². The van der Waals surface area contributed by atoms with Crippen LogP contribution in [0.25, 0.3) is 0 Å². The van der Waals surface area contributed by atoms with Gasteiger partial charge in [-0.05, 0) is 45.0 Å². The second-order valence-corrected chi connectivity index (χ2v) is 6.97. The standard InChI is InChI=1S/C18H28N4O2/c1-14-10-15(20(2)3)11-16(19-14)17-12-22(8-9-24-17)18(23)13-21-6-4-5-7-21/h10-11,17H,4-9,12-13H2,1-3H3/t17-/m1/s1. The molecule has 1 atom stereocenters. The highest BCUT2D eigenvalue weighted by Crippen LogP contribution is 2.25. The average molecular weight is 332 g/mol. The molecule has 6 nitrogen and oxygen atoms in total. The summed E-state index contributed by atoms with van der Waals surface area (Å²) in [6.45, 7) is 6.47. The summed E-state index contributed by atoms with van der Waals surface area (Å²) in [5, 5.41) is 0. The van der Waals surface area contributed by atoms with Crippen molar-refractivity contribution in [2.75, 3.05) is 58.3 Å². The topological polar surface area (TPSA) is 48.9 Å². The molecule has 1 aromatic heterocycles. The van der Waals surface area contributed by atoms with Crippen molar-refractivity contribution in [1.82, 2.24) is 14.8 Å². The quantitative estimate of drug-likeness (QED) is 0.835. The minimum Gasteiger partial charge on any atom is -0.378 e. The molecule has 3 heterocycles. The number of amides is 1. The van der Waals surface area contributed by atoms with Crippen LogP contribution in [0.4, 0.5) is 5.69 Å². The van der Waals surface area contributed by atoms with Crippen molar-refractivity contribution in [2.45, 2.75) is 25.9 Å². The first-order valence-corrected chi connectivity index (χ1v) is 8.80. The molecule has 2 aliphatic heterocycles. The number of rotatable bonds is 4. The molecule has 3 rings (SSSR count). The molecule has 0 spiro atoms. The number of aromatic nitrogens is 1. The molecular weight excluding hydrogens is 304 g/mol. The molecule has 0 aromatic carbocycles. The molecule has 6 heteroatoms. The van der Waals surface area contributed by atoms with Gasteiger partial charge in [0, 0.05) is 32.0 Å². The van der Waals surface area contributed by atoms with Gasteiger partial charge in [0.15, 0.2) is 0 Å². The van der Waals surface area contributed by atoms with E-state index in [2.05, 4.69) is 26.9 Å². The van der Waals surface area contributed by atoms with E-state index in [1.54, 1.807) is 0 Å². The van der Waals surface area contributed by atoms with Gasteiger partial charge in [-0.3, -0.25) is 14.7 Å². The molecule has 0 aliphatic carbocycles. The van der Waals surface area contributed by atoms with E-state index in [0.717, 1.165) is 30.2 Å². The summed E-state index contributed by atoms with van der Waals surface area (Å²) < 4.78 is 5.92. The van der Waals surface area contributed by atoms with Crippen LogP contribution >= 0.6 is 0 Å². The fourth-order valence-corrected chi connectivity index (χ4v) is 3.39. The fourth-order valence-electron chi connectivity index (χ4n) is 3.39. The molecule has 0 radical (unpaired) electrons. The second kappa shape index (κ2) is 7.49. The summed E-state index contributed by atoms with van der Waals surface area (Å²) in [5.74, 6) is 0.214. The lowest BCUT2D eigenvalue weighted by Gasteiger charge is -2.34. The molecular formula is C18H28N4O2. The summed E-state index contributed by atoms with van der Waals surface area (Å²) in [4.78, 5) is 23.5. The van der Waals surface area contributed by atoms with Crippen LogP contribution in [0.3, 0.4) is 0 Å². The van der Waals surface area contributed by atoms with E-state index < -0.39 is 0 Å². The average Bonchev–Trinajstić information content (AvgIpc) is 3.07. The largest absolute Gasteiger partial charge is 0.378 e. The maximum atomic E-state index is 12.6. The number of carbonyl (C=O) groups excluding carboxylic acids is 1. The Morgan fingerprint density at radius 3 is 2.75 bits per heavy atom.